The van der Waals surface area contributed by atoms with Crippen LogP contribution in [0.2, 0.25) is 0 Å². The number of nitrogens with one attached hydrogen (secondary N) is 1. The van der Waals surface area contributed by atoms with Gasteiger partial charge in [0.05, 0.1) is 6.04 Å². The van der Waals surface area contributed by atoms with Crippen molar-refractivity contribution in [3.05, 3.63) is 0 Å². The fraction of sp³-hybridized carbons (Fsp3) is 0.933. The molecule has 0 radical (unpaired) electrons. The summed E-state index contributed by atoms with van der Waals surface area (Å²) in [5.74, 6) is 1.39. The van der Waals surface area contributed by atoms with E-state index in [9.17, 15) is 4.79 Å². The predicted molar refractivity (Wildman–Crippen MR) is 74.1 cm³/mol. The van der Waals surface area contributed by atoms with Crippen LogP contribution in [0.3, 0.4) is 0 Å². The molecule has 2 aliphatic rings. The van der Waals surface area contributed by atoms with Crippen molar-refractivity contribution >= 4 is 5.91 Å². The van der Waals surface area contributed by atoms with Gasteiger partial charge in [0.15, 0.2) is 0 Å². The number of nitrogens with two attached hydrogens (primary N) is 1. The van der Waals surface area contributed by atoms with Gasteiger partial charge in [-0.3, -0.25) is 4.79 Å². The van der Waals surface area contributed by atoms with Crippen molar-refractivity contribution in [2.45, 2.75) is 64.8 Å². The molecular formula is C15H28N2O. The maximum absolute atomic E-state index is 11.9. The van der Waals surface area contributed by atoms with E-state index < -0.39 is 0 Å². The quantitative estimate of drug-likeness (QED) is 0.789. The molecule has 0 aromatic rings. The molecule has 3 nitrogen and oxygen atoms in total. The van der Waals surface area contributed by atoms with E-state index in [-0.39, 0.29) is 11.9 Å². The van der Waals surface area contributed by atoms with Crippen LogP contribution in [-0.2, 0) is 4.79 Å². The molecule has 3 N–H and O–H groups in total. The van der Waals surface area contributed by atoms with Gasteiger partial charge in [-0.25, -0.2) is 0 Å². The lowest BCUT2D eigenvalue weighted by Crippen LogP contribution is -2.42. The molecule has 2 aliphatic carbocycles. The Kier molecular flexibility index (Phi) is 4.31. The Morgan fingerprint density at radius 2 is 1.94 bits per heavy atom. The Morgan fingerprint density at radius 1 is 1.33 bits per heavy atom. The summed E-state index contributed by atoms with van der Waals surface area (Å²) in [5, 5.41) is 3.03. The van der Waals surface area contributed by atoms with Crippen molar-refractivity contribution < 1.29 is 4.79 Å². The summed E-state index contributed by atoms with van der Waals surface area (Å²) in [4.78, 5) is 11.9. The number of carbonyl (C=O) groups is 1. The average Bonchev–Trinajstić information content (AvgIpc) is 2.95. The van der Waals surface area contributed by atoms with Crippen LogP contribution in [0.5, 0.6) is 0 Å². The van der Waals surface area contributed by atoms with E-state index in [1.165, 1.54) is 38.5 Å². The first-order valence-corrected chi connectivity index (χ1v) is 7.52. The van der Waals surface area contributed by atoms with Gasteiger partial charge >= 0.3 is 0 Å². The summed E-state index contributed by atoms with van der Waals surface area (Å²) in [5.41, 5.74) is 6.44. The minimum Gasteiger partial charge on any atom is -0.354 e. The van der Waals surface area contributed by atoms with Gasteiger partial charge in [-0.05, 0) is 30.1 Å². The molecule has 3 heteroatoms. The van der Waals surface area contributed by atoms with Gasteiger partial charge in [0.2, 0.25) is 5.91 Å². The lowest BCUT2D eigenvalue weighted by Gasteiger charge is -2.24. The number of hydrogen-bond donors (Lipinski definition) is 2. The van der Waals surface area contributed by atoms with Gasteiger partial charge < -0.3 is 11.1 Å². The van der Waals surface area contributed by atoms with Crippen LogP contribution in [0.4, 0.5) is 0 Å². The summed E-state index contributed by atoms with van der Waals surface area (Å²) in [6.07, 6.45) is 8.61. The summed E-state index contributed by atoms with van der Waals surface area (Å²) < 4.78 is 0. The van der Waals surface area contributed by atoms with Crippen LogP contribution in [0.1, 0.15) is 58.8 Å². The molecule has 0 spiro atoms. The third kappa shape index (κ3) is 3.71. The van der Waals surface area contributed by atoms with Crippen molar-refractivity contribution in [1.29, 1.82) is 0 Å². The normalized spacial score (nSPS) is 28.7. The molecule has 0 saturated heterocycles. The Balaban J connectivity index is 1.65. The molecule has 0 aromatic heterocycles. The molecule has 2 rings (SSSR count). The molecule has 0 bridgehead atoms. The second-order valence-electron chi connectivity index (χ2n) is 6.98. The van der Waals surface area contributed by atoms with E-state index in [0.29, 0.717) is 17.3 Å². The Morgan fingerprint density at radius 3 is 2.50 bits per heavy atom. The zero-order chi connectivity index (χ0) is 13.2. The molecule has 18 heavy (non-hydrogen) atoms. The highest BCUT2D eigenvalue weighted by atomic mass is 16.2. The lowest BCUT2D eigenvalue weighted by molar-refractivity contribution is -0.122. The zero-order valence-electron chi connectivity index (χ0n) is 11.9. The molecule has 0 heterocycles. The number of amides is 1. The van der Waals surface area contributed by atoms with Gasteiger partial charge in [-0.1, -0.05) is 46.0 Å². The minimum atomic E-state index is -0.296. The fourth-order valence-corrected chi connectivity index (χ4v) is 3.17. The molecule has 2 saturated carbocycles. The molecule has 0 aliphatic heterocycles. The van der Waals surface area contributed by atoms with Crippen molar-refractivity contribution in [3.63, 3.8) is 0 Å². The molecule has 2 fully saturated rings. The Bertz CT molecular complexity index is 295. The van der Waals surface area contributed by atoms with Gasteiger partial charge in [-0.15, -0.1) is 0 Å². The smallest absolute Gasteiger partial charge is 0.236 e. The van der Waals surface area contributed by atoms with E-state index in [4.69, 9.17) is 5.73 Å². The molecule has 2 unspecified atom stereocenters. The summed E-state index contributed by atoms with van der Waals surface area (Å²) in [7, 11) is 0. The molecule has 0 aromatic carbocycles. The third-order valence-electron chi connectivity index (χ3n) is 4.89. The monoisotopic (exact) mass is 252 g/mol. The molecule has 1 amide bonds. The maximum Gasteiger partial charge on any atom is 0.236 e. The van der Waals surface area contributed by atoms with E-state index >= 15 is 0 Å². The third-order valence-corrected chi connectivity index (χ3v) is 4.89. The predicted octanol–water partition coefficient (Wildman–Crippen LogP) is 2.45. The lowest BCUT2D eigenvalue weighted by atomic mass is 9.85. The second-order valence-corrected chi connectivity index (χ2v) is 6.98. The van der Waals surface area contributed by atoms with E-state index in [0.717, 1.165) is 13.0 Å². The van der Waals surface area contributed by atoms with Crippen LogP contribution in [-0.4, -0.2) is 18.5 Å². The SMILES string of the molecule is CC1(C)CC1CNC(=O)C(N)CC1CCCCC1. The van der Waals surface area contributed by atoms with Crippen molar-refractivity contribution in [2.24, 2.45) is 23.0 Å². The molecule has 2 atom stereocenters. The largest absolute Gasteiger partial charge is 0.354 e. The first-order chi connectivity index (χ1) is 8.49. The Hall–Kier alpha value is -0.570. The van der Waals surface area contributed by atoms with Gasteiger partial charge in [-0.2, -0.15) is 0 Å². The van der Waals surface area contributed by atoms with Crippen LogP contribution in [0, 0.1) is 17.3 Å². The highest BCUT2D eigenvalue weighted by Gasteiger charge is 2.45. The summed E-state index contributed by atoms with van der Waals surface area (Å²) >= 11 is 0. The van der Waals surface area contributed by atoms with Crippen LogP contribution in [0.25, 0.3) is 0 Å². The first-order valence-electron chi connectivity index (χ1n) is 7.52. The van der Waals surface area contributed by atoms with Crippen molar-refractivity contribution in [2.75, 3.05) is 6.54 Å². The topological polar surface area (TPSA) is 55.1 Å². The highest BCUT2D eigenvalue weighted by Crippen LogP contribution is 2.50. The second kappa shape index (κ2) is 5.60. The van der Waals surface area contributed by atoms with E-state index in [1.807, 2.05) is 0 Å². The molecular weight excluding hydrogens is 224 g/mol. The number of rotatable bonds is 5. The summed E-state index contributed by atoms with van der Waals surface area (Å²) in [6, 6.07) is -0.296. The first kappa shape index (κ1) is 13.9. The van der Waals surface area contributed by atoms with Gasteiger partial charge in [0, 0.05) is 6.54 Å². The number of hydrogen-bond acceptors (Lipinski definition) is 2. The van der Waals surface area contributed by atoms with Crippen LogP contribution >= 0.6 is 0 Å². The van der Waals surface area contributed by atoms with Crippen molar-refractivity contribution in [1.82, 2.24) is 5.32 Å². The highest BCUT2D eigenvalue weighted by molar-refractivity contribution is 5.81. The minimum absolute atomic E-state index is 0.0586. The van der Waals surface area contributed by atoms with Gasteiger partial charge in [0.1, 0.15) is 0 Å². The van der Waals surface area contributed by atoms with E-state index in [1.54, 1.807) is 0 Å². The van der Waals surface area contributed by atoms with E-state index in [2.05, 4.69) is 19.2 Å². The van der Waals surface area contributed by atoms with Crippen molar-refractivity contribution in [3.8, 4) is 0 Å². The van der Waals surface area contributed by atoms with Gasteiger partial charge in [0.25, 0.3) is 0 Å². The molecule has 104 valence electrons. The zero-order valence-corrected chi connectivity index (χ0v) is 11.9. The summed E-state index contributed by atoms with van der Waals surface area (Å²) in [6.45, 7) is 5.32. The Labute approximate surface area is 111 Å². The van der Waals surface area contributed by atoms with Crippen LogP contribution < -0.4 is 11.1 Å². The average molecular weight is 252 g/mol. The standard InChI is InChI=1S/C15H28N2O/c1-15(2)9-12(15)10-17-14(18)13(16)8-11-6-4-3-5-7-11/h11-13H,3-10,16H2,1-2H3,(H,17,18). The maximum atomic E-state index is 11.9. The van der Waals surface area contributed by atoms with Crippen LogP contribution in [0.15, 0.2) is 0 Å². The fourth-order valence-electron chi connectivity index (χ4n) is 3.17. The number of carbonyl (C=O) groups excluding carboxylic acids is 1.